The molecular formula is C13H15N3O2. The quantitative estimate of drug-likeness (QED) is 0.849. The van der Waals surface area contributed by atoms with Crippen LogP contribution in [0.15, 0.2) is 29.4 Å². The van der Waals surface area contributed by atoms with Crippen LogP contribution in [0.4, 0.5) is 5.69 Å². The van der Waals surface area contributed by atoms with E-state index in [1.54, 1.807) is 0 Å². The van der Waals surface area contributed by atoms with E-state index in [-0.39, 0.29) is 23.9 Å². The van der Waals surface area contributed by atoms with E-state index in [1.165, 1.54) is 0 Å². The molecule has 2 rings (SSSR count). The topological polar surface area (TPSA) is 70.6 Å². The summed E-state index contributed by atoms with van der Waals surface area (Å²) in [6, 6.07) is 7.61. The molecule has 0 fully saturated rings. The molecule has 0 radical (unpaired) electrons. The van der Waals surface area contributed by atoms with Crippen LogP contribution in [0.5, 0.6) is 0 Å². The maximum atomic E-state index is 11.9. The fourth-order valence-electron chi connectivity index (χ4n) is 1.80. The van der Waals surface area contributed by atoms with Crippen molar-refractivity contribution < 1.29 is 9.59 Å². The Hall–Kier alpha value is -2.17. The minimum absolute atomic E-state index is 0.0374. The van der Waals surface area contributed by atoms with Gasteiger partial charge in [-0.15, -0.1) is 0 Å². The monoisotopic (exact) mass is 245 g/mol. The van der Waals surface area contributed by atoms with Crippen LogP contribution in [0, 0.1) is 0 Å². The van der Waals surface area contributed by atoms with Gasteiger partial charge < -0.3 is 5.32 Å². The van der Waals surface area contributed by atoms with Gasteiger partial charge in [-0.1, -0.05) is 32.0 Å². The number of para-hydroxylation sites is 1. The van der Waals surface area contributed by atoms with Gasteiger partial charge in [0, 0.05) is 5.69 Å². The average molecular weight is 245 g/mol. The van der Waals surface area contributed by atoms with Crippen LogP contribution in [0.1, 0.15) is 31.7 Å². The van der Waals surface area contributed by atoms with E-state index in [0.29, 0.717) is 5.92 Å². The molecule has 0 unspecified atom stereocenters. The third kappa shape index (κ3) is 2.56. The number of carbonyl (C=O) groups is 2. The Balaban J connectivity index is 2.15. The Morgan fingerprint density at radius 2 is 2.11 bits per heavy atom. The molecule has 0 bridgehead atoms. The highest BCUT2D eigenvalue weighted by molar-refractivity contribution is 6.46. The van der Waals surface area contributed by atoms with Gasteiger partial charge >= 0.3 is 0 Å². The molecule has 5 nitrogen and oxygen atoms in total. The Kier molecular flexibility index (Phi) is 3.41. The van der Waals surface area contributed by atoms with Crippen molar-refractivity contribution in [1.82, 2.24) is 5.43 Å². The fourth-order valence-corrected chi connectivity index (χ4v) is 1.80. The largest absolute Gasteiger partial charge is 0.321 e. The first-order valence-corrected chi connectivity index (χ1v) is 5.83. The first-order chi connectivity index (χ1) is 8.58. The zero-order valence-corrected chi connectivity index (χ0v) is 10.4. The standard InChI is InChI=1S/C13H15N3O2/c1-8(2)9-5-3-4-6-10(9)14-13(18)11-7-12(17)16-15-11/h3-6,8H,7H2,1-2H3,(H,14,18)(H,16,17). The van der Waals surface area contributed by atoms with Gasteiger partial charge in [-0.2, -0.15) is 5.10 Å². The summed E-state index contributed by atoms with van der Waals surface area (Å²) >= 11 is 0. The maximum Gasteiger partial charge on any atom is 0.272 e. The number of nitrogens with one attached hydrogen (secondary N) is 2. The third-order valence-corrected chi connectivity index (χ3v) is 2.74. The molecule has 1 aromatic carbocycles. The van der Waals surface area contributed by atoms with Crippen molar-refractivity contribution in [3.63, 3.8) is 0 Å². The predicted molar refractivity (Wildman–Crippen MR) is 69.4 cm³/mol. The smallest absolute Gasteiger partial charge is 0.272 e. The van der Waals surface area contributed by atoms with Gasteiger partial charge in [-0.05, 0) is 17.5 Å². The molecule has 0 spiro atoms. The summed E-state index contributed by atoms with van der Waals surface area (Å²) in [5.74, 6) is -0.273. The Morgan fingerprint density at radius 1 is 1.39 bits per heavy atom. The first-order valence-electron chi connectivity index (χ1n) is 5.83. The number of rotatable bonds is 3. The second kappa shape index (κ2) is 5.00. The molecule has 2 N–H and O–H groups in total. The Labute approximate surface area is 105 Å². The minimum Gasteiger partial charge on any atom is -0.321 e. The van der Waals surface area contributed by atoms with Crippen LogP contribution in [-0.4, -0.2) is 17.5 Å². The lowest BCUT2D eigenvalue weighted by Crippen LogP contribution is -2.22. The van der Waals surface area contributed by atoms with E-state index in [0.717, 1.165) is 11.3 Å². The number of amides is 2. The molecule has 18 heavy (non-hydrogen) atoms. The molecule has 1 aliphatic heterocycles. The van der Waals surface area contributed by atoms with E-state index < -0.39 is 0 Å². The minimum atomic E-state index is -0.332. The molecule has 0 saturated heterocycles. The number of benzene rings is 1. The second-order valence-electron chi connectivity index (χ2n) is 4.47. The molecule has 0 saturated carbocycles. The lowest BCUT2D eigenvalue weighted by molar-refractivity contribution is -0.119. The SMILES string of the molecule is CC(C)c1ccccc1NC(=O)C1=NNC(=O)C1. The van der Waals surface area contributed by atoms with Crippen molar-refractivity contribution in [2.24, 2.45) is 5.10 Å². The maximum absolute atomic E-state index is 11.9. The number of hydrazone groups is 1. The zero-order chi connectivity index (χ0) is 13.1. The zero-order valence-electron chi connectivity index (χ0n) is 10.4. The summed E-state index contributed by atoms with van der Waals surface area (Å²) in [6.45, 7) is 4.12. The van der Waals surface area contributed by atoms with Crippen LogP contribution >= 0.6 is 0 Å². The van der Waals surface area contributed by atoms with Gasteiger partial charge in [-0.25, -0.2) is 5.43 Å². The van der Waals surface area contributed by atoms with Crippen molar-refractivity contribution in [3.05, 3.63) is 29.8 Å². The summed E-state index contributed by atoms with van der Waals surface area (Å²) in [5.41, 5.74) is 4.31. The predicted octanol–water partition coefficient (Wildman–Crippen LogP) is 1.62. The van der Waals surface area contributed by atoms with Crippen molar-refractivity contribution in [3.8, 4) is 0 Å². The van der Waals surface area contributed by atoms with Gasteiger partial charge in [0.05, 0.1) is 6.42 Å². The van der Waals surface area contributed by atoms with Crippen LogP contribution in [0.25, 0.3) is 0 Å². The Bertz CT molecular complexity index is 521. The van der Waals surface area contributed by atoms with Crippen molar-refractivity contribution in [1.29, 1.82) is 0 Å². The van der Waals surface area contributed by atoms with Gasteiger partial charge in [-0.3, -0.25) is 9.59 Å². The second-order valence-corrected chi connectivity index (χ2v) is 4.47. The number of carbonyl (C=O) groups excluding carboxylic acids is 2. The molecule has 94 valence electrons. The summed E-state index contributed by atoms with van der Waals surface area (Å²) in [5, 5.41) is 6.48. The first kappa shape index (κ1) is 12.3. The molecule has 2 amide bonds. The molecule has 0 aliphatic carbocycles. The highest BCUT2D eigenvalue weighted by atomic mass is 16.2. The summed E-state index contributed by atoms with van der Waals surface area (Å²) in [4.78, 5) is 22.9. The van der Waals surface area contributed by atoms with E-state index in [4.69, 9.17) is 0 Å². The number of nitrogens with zero attached hydrogens (tertiary/aromatic N) is 1. The lowest BCUT2D eigenvalue weighted by Gasteiger charge is -2.13. The van der Waals surface area contributed by atoms with Crippen molar-refractivity contribution in [2.45, 2.75) is 26.2 Å². The number of anilines is 1. The van der Waals surface area contributed by atoms with Gasteiger partial charge in [0.15, 0.2) is 0 Å². The van der Waals surface area contributed by atoms with E-state index in [9.17, 15) is 9.59 Å². The fraction of sp³-hybridized carbons (Fsp3) is 0.308. The molecule has 0 aromatic heterocycles. The Morgan fingerprint density at radius 3 is 2.72 bits per heavy atom. The highest BCUT2D eigenvalue weighted by Gasteiger charge is 2.22. The molecule has 5 heteroatoms. The van der Waals surface area contributed by atoms with Crippen LogP contribution in [0.3, 0.4) is 0 Å². The molecular weight excluding hydrogens is 230 g/mol. The van der Waals surface area contributed by atoms with E-state index in [2.05, 4.69) is 29.7 Å². The van der Waals surface area contributed by atoms with Crippen molar-refractivity contribution in [2.75, 3.05) is 5.32 Å². The van der Waals surface area contributed by atoms with Crippen LogP contribution in [0.2, 0.25) is 0 Å². The molecule has 1 heterocycles. The van der Waals surface area contributed by atoms with E-state index in [1.807, 2.05) is 24.3 Å². The summed E-state index contributed by atoms with van der Waals surface area (Å²) in [6.07, 6.45) is 0.0374. The van der Waals surface area contributed by atoms with Gasteiger partial charge in [0.1, 0.15) is 5.71 Å². The summed E-state index contributed by atoms with van der Waals surface area (Å²) < 4.78 is 0. The van der Waals surface area contributed by atoms with Crippen molar-refractivity contribution >= 4 is 23.2 Å². The molecule has 0 atom stereocenters. The average Bonchev–Trinajstić information content (AvgIpc) is 2.76. The lowest BCUT2D eigenvalue weighted by atomic mass is 10.0. The van der Waals surface area contributed by atoms with Gasteiger partial charge in [0.2, 0.25) is 5.91 Å². The highest BCUT2D eigenvalue weighted by Crippen LogP contribution is 2.23. The third-order valence-electron chi connectivity index (χ3n) is 2.74. The molecule has 1 aromatic rings. The number of hydrogen-bond donors (Lipinski definition) is 2. The van der Waals surface area contributed by atoms with E-state index >= 15 is 0 Å². The normalized spacial score (nSPS) is 14.4. The van der Waals surface area contributed by atoms with Crippen LogP contribution < -0.4 is 10.7 Å². The molecule has 1 aliphatic rings. The van der Waals surface area contributed by atoms with Gasteiger partial charge in [0.25, 0.3) is 5.91 Å². The number of hydrogen-bond acceptors (Lipinski definition) is 3. The van der Waals surface area contributed by atoms with Crippen LogP contribution in [-0.2, 0) is 9.59 Å². The summed E-state index contributed by atoms with van der Waals surface area (Å²) in [7, 11) is 0.